The second-order valence-electron chi connectivity index (χ2n) is 5.53. The molecule has 1 aliphatic carbocycles. The summed E-state index contributed by atoms with van der Waals surface area (Å²) in [5.41, 5.74) is 8.17. The molecule has 1 atom stereocenters. The number of fused-ring (bicyclic) bond motifs is 1. The topological polar surface area (TPSA) is 46.3 Å². The van der Waals surface area contributed by atoms with E-state index in [2.05, 4.69) is 18.2 Å². The van der Waals surface area contributed by atoms with Crippen molar-refractivity contribution in [2.45, 2.75) is 51.1 Å². The number of rotatable bonds is 4. The van der Waals surface area contributed by atoms with Crippen LogP contribution in [-0.4, -0.2) is 23.4 Å². The van der Waals surface area contributed by atoms with Crippen LogP contribution in [0.1, 0.15) is 50.3 Å². The lowest BCUT2D eigenvalue weighted by atomic mass is 9.91. The summed E-state index contributed by atoms with van der Waals surface area (Å²) in [6, 6.07) is 8.58. The molecular weight excluding hydrogens is 236 g/mol. The van der Waals surface area contributed by atoms with Crippen LogP contribution in [0.15, 0.2) is 24.3 Å². The van der Waals surface area contributed by atoms with Crippen LogP contribution >= 0.6 is 0 Å². The zero-order chi connectivity index (χ0) is 14.0. The minimum atomic E-state index is -0.716. The molecule has 19 heavy (non-hydrogen) atoms. The van der Waals surface area contributed by atoms with E-state index < -0.39 is 5.54 Å². The van der Waals surface area contributed by atoms with Crippen molar-refractivity contribution in [3.05, 3.63) is 35.4 Å². The van der Waals surface area contributed by atoms with Crippen LogP contribution < -0.4 is 5.73 Å². The van der Waals surface area contributed by atoms with Crippen molar-refractivity contribution in [2.75, 3.05) is 7.05 Å². The molecule has 104 valence electrons. The van der Waals surface area contributed by atoms with Gasteiger partial charge in [0, 0.05) is 7.05 Å². The largest absolute Gasteiger partial charge is 0.337 e. The molecule has 0 heterocycles. The lowest BCUT2D eigenvalue weighted by Crippen LogP contribution is -2.54. The number of amides is 1. The highest BCUT2D eigenvalue weighted by molar-refractivity contribution is 5.86. The first-order valence-electron chi connectivity index (χ1n) is 7.17. The molecule has 3 nitrogen and oxygen atoms in total. The maximum atomic E-state index is 12.6. The Morgan fingerprint density at radius 3 is 2.63 bits per heavy atom. The van der Waals surface area contributed by atoms with Gasteiger partial charge in [0.1, 0.15) is 0 Å². The minimum absolute atomic E-state index is 0.0687. The number of hydrogen-bond acceptors (Lipinski definition) is 2. The second-order valence-corrected chi connectivity index (χ2v) is 5.53. The molecule has 0 fully saturated rings. The average molecular weight is 260 g/mol. The van der Waals surface area contributed by atoms with Crippen LogP contribution in [0.4, 0.5) is 0 Å². The predicted molar refractivity (Wildman–Crippen MR) is 77.8 cm³/mol. The van der Waals surface area contributed by atoms with E-state index in [1.165, 1.54) is 11.1 Å². The van der Waals surface area contributed by atoms with Gasteiger partial charge in [-0.25, -0.2) is 0 Å². The maximum Gasteiger partial charge on any atom is 0.242 e. The van der Waals surface area contributed by atoms with E-state index in [-0.39, 0.29) is 11.9 Å². The molecule has 0 aromatic heterocycles. The Balaban J connectivity index is 2.22. The monoisotopic (exact) mass is 260 g/mol. The summed E-state index contributed by atoms with van der Waals surface area (Å²) in [4.78, 5) is 14.5. The Labute approximate surface area is 115 Å². The highest BCUT2D eigenvalue weighted by atomic mass is 16.2. The maximum absolute atomic E-state index is 12.6. The van der Waals surface area contributed by atoms with Crippen molar-refractivity contribution in [1.82, 2.24) is 4.90 Å². The molecule has 2 N–H and O–H groups in total. The summed E-state index contributed by atoms with van der Waals surface area (Å²) in [6.07, 6.45) is 3.42. The van der Waals surface area contributed by atoms with E-state index in [0.29, 0.717) is 12.8 Å². The molecule has 1 unspecified atom stereocenters. The van der Waals surface area contributed by atoms with Gasteiger partial charge in [-0.05, 0) is 36.8 Å². The van der Waals surface area contributed by atoms with Gasteiger partial charge < -0.3 is 10.6 Å². The van der Waals surface area contributed by atoms with Crippen LogP contribution in [-0.2, 0) is 11.2 Å². The van der Waals surface area contributed by atoms with Crippen molar-refractivity contribution in [1.29, 1.82) is 0 Å². The molecule has 1 amide bonds. The summed E-state index contributed by atoms with van der Waals surface area (Å²) >= 11 is 0. The summed E-state index contributed by atoms with van der Waals surface area (Å²) in [7, 11) is 1.89. The zero-order valence-corrected chi connectivity index (χ0v) is 12.1. The Kier molecular flexibility index (Phi) is 3.95. The summed E-state index contributed by atoms with van der Waals surface area (Å²) < 4.78 is 0. The number of aryl methyl sites for hydroxylation is 1. The third-order valence-corrected chi connectivity index (χ3v) is 4.58. The standard InChI is InChI=1S/C16H24N2O/c1-4-16(17,5-2)15(19)18(3)14-11-10-12-8-6-7-9-13(12)14/h6-9,14H,4-5,10-11,17H2,1-3H3. The van der Waals surface area contributed by atoms with Crippen molar-refractivity contribution in [2.24, 2.45) is 5.73 Å². The molecule has 0 radical (unpaired) electrons. The quantitative estimate of drug-likeness (QED) is 0.904. The fourth-order valence-corrected chi connectivity index (χ4v) is 2.98. The van der Waals surface area contributed by atoms with E-state index in [1.807, 2.05) is 31.9 Å². The highest BCUT2D eigenvalue weighted by Gasteiger charge is 2.37. The Morgan fingerprint density at radius 2 is 2.00 bits per heavy atom. The number of hydrogen-bond donors (Lipinski definition) is 1. The van der Waals surface area contributed by atoms with Gasteiger partial charge in [0.2, 0.25) is 5.91 Å². The Hall–Kier alpha value is -1.35. The highest BCUT2D eigenvalue weighted by Crippen LogP contribution is 2.36. The van der Waals surface area contributed by atoms with E-state index in [1.54, 1.807) is 0 Å². The van der Waals surface area contributed by atoms with Crippen LogP contribution in [0.5, 0.6) is 0 Å². The summed E-state index contributed by atoms with van der Waals surface area (Å²) in [5.74, 6) is 0.0687. The number of benzene rings is 1. The molecular formula is C16H24N2O. The molecule has 1 aromatic carbocycles. The SMILES string of the molecule is CCC(N)(CC)C(=O)N(C)C1CCc2ccccc21. The van der Waals surface area contributed by atoms with Crippen molar-refractivity contribution in [3.63, 3.8) is 0 Å². The van der Waals surface area contributed by atoms with E-state index in [4.69, 9.17) is 5.73 Å². The normalized spacial score (nSPS) is 18.2. The Bertz CT molecular complexity index is 466. The van der Waals surface area contributed by atoms with Crippen molar-refractivity contribution >= 4 is 5.91 Å². The van der Waals surface area contributed by atoms with Gasteiger partial charge in [-0.3, -0.25) is 4.79 Å². The Morgan fingerprint density at radius 1 is 1.37 bits per heavy atom. The minimum Gasteiger partial charge on any atom is -0.337 e. The number of nitrogens with zero attached hydrogens (tertiary/aromatic N) is 1. The molecule has 0 aliphatic heterocycles. The van der Waals surface area contributed by atoms with Crippen molar-refractivity contribution in [3.8, 4) is 0 Å². The third kappa shape index (κ3) is 2.39. The smallest absolute Gasteiger partial charge is 0.242 e. The average Bonchev–Trinajstić information content (AvgIpc) is 2.88. The number of carbonyl (C=O) groups is 1. The summed E-state index contributed by atoms with van der Waals surface area (Å²) in [6.45, 7) is 3.97. The van der Waals surface area contributed by atoms with Gasteiger partial charge in [0.15, 0.2) is 0 Å². The molecule has 0 bridgehead atoms. The molecule has 1 aliphatic rings. The van der Waals surface area contributed by atoms with Crippen LogP contribution in [0, 0.1) is 0 Å². The number of carbonyl (C=O) groups excluding carboxylic acids is 1. The zero-order valence-electron chi connectivity index (χ0n) is 12.1. The molecule has 0 saturated carbocycles. The van der Waals surface area contributed by atoms with E-state index >= 15 is 0 Å². The first-order chi connectivity index (χ1) is 9.03. The summed E-state index contributed by atoms with van der Waals surface area (Å²) in [5, 5.41) is 0. The van der Waals surface area contributed by atoms with Gasteiger partial charge in [0.05, 0.1) is 11.6 Å². The number of nitrogens with two attached hydrogens (primary N) is 1. The second kappa shape index (κ2) is 5.33. The van der Waals surface area contributed by atoms with E-state index in [0.717, 1.165) is 12.8 Å². The third-order valence-electron chi connectivity index (χ3n) is 4.58. The molecule has 0 saturated heterocycles. The van der Waals surface area contributed by atoms with Gasteiger partial charge in [-0.1, -0.05) is 38.1 Å². The molecule has 3 heteroatoms. The van der Waals surface area contributed by atoms with Crippen LogP contribution in [0.3, 0.4) is 0 Å². The van der Waals surface area contributed by atoms with Crippen molar-refractivity contribution < 1.29 is 4.79 Å². The first-order valence-corrected chi connectivity index (χ1v) is 7.17. The van der Waals surface area contributed by atoms with Gasteiger partial charge in [-0.2, -0.15) is 0 Å². The van der Waals surface area contributed by atoms with E-state index in [9.17, 15) is 4.79 Å². The molecule has 2 rings (SSSR count). The fourth-order valence-electron chi connectivity index (χ4n) is 2.98. The lowest BCUT2D eigenvalue weighted by Gasteiger charge is -2.34. The predicted octanol–water partition coefficient (Wildman–Crippen LogP) is 2.65. The van der Waals surface area contributed by atoms with Crippen LogP contribution in [0.25, 0.3) is 0 Å². The molecule has 1 aromatic rings. The van der Waals surface area contributed by atoms with Gasteiger partial charge in [-0.15, -0.1) is 0 Å². The lowest BCUT2D eigenvalue weighted by molar-refractivity contribution is -0.138. The van der Waals surface area contributed by atoms with Gasteiger partial charge in [0.25, 0.3) is 0 Å². The first kappa shape index (κ1) is 14.1. The van der Waals surface area contributed by atoms with Gasteiger partial charge >= 0.3 is 0 Å². The fraction of sp³-hybridized carbons (Fsp3) is 0.562. The van der Waals surface area contributed by atoms with Crippen LogP contribution in [0.2, 0.25) is 0 Å². The number of likely N-dealkylation sites (N-methyl/N-ethyl adjacent to an activating group) is 1. The molecule has 0 spiro atoms.